The van der Waals surface area contributed by atoms with E-state index in [4.69, 9.17) is 4.74 Å². The van der Waals surface area contributed by atoms with Crippen molar-refractivity contribution in [2.24, 2.45) is 17.8 Å². The van der Waals surface area contributed by atoms with Crippen LogP contribution in [0, 0.1) is 17.8 Å². The van der Waals surface area contributed by atoms with E-state index in [2.05, 4.69) is 53.1 Å². The van der Waals surface area contributed by atoms with E-state index in [1.165, 1.54) is 53.7 Å². The number of esters is 1. The minimum Gasteiger partial charge on any atom is -0.465 e. The number of benzene rings is 2. The lowest BCUT2D eigenvalue weighted by molar-refractivity contribution is 0.0601. The lowest BCUT2D eigenvalue weighted by Gasteiger charge is -2.43. The van der Waals surface area contributed by atoms with Crippen LogP contribution in [0.5, 0.6) is 0 Å². The third-order valence-electron chi connectivity index (χ3n) is 9.30. The minimum absolute atomic E-state index is 0.156. The zero-order valence-corrected chi connectivity index (χ0v) is 21.9. The number of carbonyl (C=O) groups excluding carboxylic acids is 2. The molecule has 2 fully saturated rings. The largest absolute Gasteiger partial charge is 0.465 e. The number of rotatable bonds is 4. The number of thiophene rings is 1. The molecular formula is C31H32N2O3S. The van der Waals surface area contributed by atoms with Crippen molar-refractivity contribution in [3.63, 3.8) is 0 Å². The summed E-state index contributed by atoms with van der Waals surface area (Å²) in [6, 6.07) is 17.3. The highest BCUT2D eigenvalue weighted by Gasteiger charge is 2.53. The quantitative estimate of drug-likeness (QED) is 0.371. The number of hydrogen-bond donors (Lipinski definition) is 2. The first-order chi connectivity index (χ1) is 18.1. The number of anilines is 2. The van der Waals surface area contributed by atoms with Crippen LogP contribution < -0.4 is 10.6 Å². The molecule has 2 bridgehead atoms. The molecule has 6 heteroatoms. The van der Waals surface area contributed by atoms with Gasteiger partial charge in [0, 0.05) is 16.1 Å². The lowest BCUT2D eigenvalue weighted by atomic mass is 9.68. The summed E-state index contributed by atoms with van der Waals surface area (Å²) in [4.78, 5) is 27.4. The Morgan fingerprint density at radius 2 is 1.84 bits per heavy atom. The van der Waals surface area contributed by atoms with E-state index in [1.54, 1.807) is 0 Å². The Kier molecular flexibility index (Phi) is 5.61. The Labute approximate surface area is 221 Å². The fourth-order valence-electron chi connectivity index (χ4n) is 7.76. The summed E-state index contributed by atoms with van der Waals surface area (Å²) in [6.07, 6.45) is 7.89. The van der Waals surface area contributed by atoms with Gasteiger partial charge >= 0.3 is 5.97 Å². The van der Waals surface area contributed by atoms with Crippen LogP contribution >= 0.6 is 11.3 Å². The molecule has 3 aromatic rings. The first-order valence-corrected chi connectivity index (χ1v) is 14.4. The normalized spacial score (nSPS) is 27.0. The van der Waals surface area contributed by atoms with E-state index >= 15 is 0 Å². The number of carbonyl (C=O) groups is 2. The number of ether oxygens (including phenoxy) is 1. The van der Waals surface area contributed by atoms with Crippen molar-refractivity contribution in [2.75, 3.05) is 17.7 Å². The standard InChI is InChI=1S/C31H32N2O3S/c1-36-31(35)27-21-9-5-6-10-24(21)37-30(27)33-29(34)20-13-14-23-22(16-20)25-18-11-12-19(15-18)26(25)28(32-23)17-7-3-2-4-8-17/h2-4,7-8,13-14,16,18-19,25-26,28,32H,5-6,9-12,15H2,1H3,(H,33,34)/t18-,19-,25-,26+,28-/m0/s1. The van der Waals surface area contributed by atoms with E-state index < -0.39 is 0 Å². The van der Waals surface area contributed by atoms with Gasteiger partial charge in [-0.2, -0.15) is 0 Å². The minimum atomic E-state index is -0.360. The van der Waals surface area contributed by atoms with Crippen LogP contribution in [0.4, 0.5) is 10.7 Å². The Bertz CT molecular complexity index is 1380. The van der Waals surface area contributed by atoms with Crippen LogP contribution in [0.1, 0.15) is 86.3 Å². The van der Waals surface area contributed by atoms with Crippen LogP contribution in [0.25, 0.3) is 0 Å². The van der Waals surface area contributed by atoms with Crippen LogP contribution in [0.2, 0.25) is 0 Å². The van der Waals surface area contributed by atoms with Gasteiger partial charge in [-0.3, -0.25) is 4.79 Å². The van der Waals surface area contributed by atoms with Crippen LogP contribution in [0.15, 0.2) is 48.5 Å². The number of methoxy groups -OCH3 is 1. The molecule has 0 saturated heterocycles. The zero-order valence-electron chi connectivity index (χ0n) is 21.1. The third kappa shape index (κ3) is 3.71. The summed E-state index contributed by atoms with van der Waals surface area (Å²) in [5, 5.41) is 7.58. The number of aryl methyl sites for hydroxylation is 1. The molecule has 4 aliphatic rings. The summed E-state index contributed by atoms with van der Waals surface area (Å²) in [7, 11) is 1.41. The van der Waals surface area contributed by atoms with Crippen LogP contribution in [0.3, 0.4) is 0 Å². The maximum absolute atomic E-state index is 13.5. The Hall–Kier alpha value is -3.12. The third-order valence-corrected chi connectivity index (χ3v) is 10.5. The first kappa shape index (κ1) is 23.0. The second kappa shape index (κ2) is 9.02. The number of fused-ring (bicyclic) bond motifs is 8. The summed E-state index contributed by atoms with van der Waals surface area (Å²) < 4.78 is 5.09. The molecule has 5 atom stereocenters. The van der Waals surface area contributed by atoms with E-state index in [0.29, 0.717) is 39.9 Å². The average molecular weight is 513 g/mol. The summed E-state index contributed by atoms with van der Waals surface area (Å²) in [6.45, 7) is 0. The van der Waals surface area contributed by atoms with Crippen molar-refractivity contribution in [3.05, 3.63) is 81.2 Å². The van der Waals surface area contributed by atoms with Crippen molar-refractivity contribution in [3.8, 4) is 0 Å². The molecule has 1 amide bonds. The SMILES string of the molecule is COC(=O)c1c(NC(=O)c2ccc3c(c2)[C@@H]2[C@H]4CC[C@@H](C4)[C@H]2[C@H](c2ccccc2)N3)sc2c1CCCC2. The average Bonchev–Trinajstić information content (AvgIpc) is 3.66. The second-order valence-corrected chi connectivity index (χ2v) is 12.2. The number of amides is 1. The first-order valence-electron chi connectivity index (χ1n) is 13.6. The molecule has 2 aromatic carbocycles. The second-order valence-electron chi connectivity index (χ2n) is 11.1. The van der Waals surface area contributed by atoms with Crippen molar-refractivity contribution >= 4 is 33.9 Å². The van der Waals surface area contributed by atoms with Gasteiger partial charge in [0.2, 0.25) is 0 Å². The van der Waals surface area contributed by atoms with Gasteiger partial charge in [-0.05, 0) is 104 Å². The van der Waals surface area contributed by atoms with Gasteiger partial charge in [0.05, 0.1) is 18.7 Å². The van der Waals surface area contributed by atoms with E-state index in [1.807, 2.05) is 6.07 Å². The summed E-state index contributed by atoms with van der Waals surface area (Å²) in [5.74, 6) is 1.95. The van der Waals surface area contributed by atoms with Gasteiger partial charge < -0.3 is 15.4 Å². The molecule has 0 radical (unpaired) electrons. The maximum atomic E-state index is 13.5. The van der Waals surface area contributed by atoms with Gasteiger partial charge in [-0.15, -0.1) is 11.3 Å². The molecule has 3 aliphatic carbocycles. The summed E-state index contributed by atoms with van der Waals surface area (Å²) in [5.41, 5.74) is 6.06. The van der Waals surface area contributed by atoms with Gasteiger partial charge in [0.25, 0.3) is 5.91 Å². The molecule has 2 N–H and O–H groups in total. The maximum Gasteiger partial charge on any atom is 0.341 e. The predicted molar refractivity (Wildman–Crippen MR) is 147 cm³/mol. The Morgan fingerprint density at radius 1 is 1.03 bits per heavy atom. The molecule has 2 heterocycles. The van der Waals surface area contributed by atoms with Crippen molar-refractivity contribution in [2.45, 2.75) is 56.9 Å². The summed E-state index contributed by atoms with van der Waals surface area (Å²) >= 11 is 1.54. The molecule has 1 aliphatic heterocycles. The predicted octanol–water partition coefficient (Wildman–Crippen LogP) is 6.96. The Morgan fingerprint density at radius 3 is 2.68 bits per heavy atom. The Balaban J connectivity index is 1.22. The molecule has 2 saturated carbocycles. The topological polar surface area (TPSA) is 67.4 Å². The van der Waals surface area contributed by atoms with Crippen molar-refractivity contribution in [1.82, 2.24) is 0 Å². The van der Waals surface area contributed by atoms with Gasteiger partial charge in [-0.1, -0.05) is 30.3 Å². The molecule has 7 rings (SSSR count). The smallest absolute Gasteiger partial charge is 0.341 e. The molecule has 1 aromatic heterocycles. The number of hydrogen-bond acceptors (Lipinski definition) is 5. The number of nitrogens with one attached hydrogen (secondary N) is 2. The van der Waals surface area contributed by atoms with E-state index in [0.717, 1.165) is 42.9 Å². The monoisotopic (exact) mass is 512 g/mol. The van der Waals surface area contributed by atoms with Crippen molar-refractivity contribution < 1.29 is 14.3 Å². The fourth-order valence-corrected chi connectivity index (χ4v) is 9.04. The van der Waals surface area contributed by atoms with Crippen molar-refractivity contribution in [1.29, 1.82) is 0 Å². The highest BCUT2D eigenvalue weighted by atomic mass is 32.1. The molecule has 0 unspecified atom stereocenters. The van der Waals surface area contributed by atoms with E-state index in [-0.39, 0.29) is 11.9 Å². The lowest BCUT2D eigenvalue weighted by Crippen LogP contribution is -2.35. The van der Waals surface area contributed by atoms with Gasteiger partial charge in [0.15, 0.2) is 0 Å². The molecule has 37 heavy (non-hydrogen) atoms. The van der Waals surface area contributed by atoms with Crippen LogP contribution in [-0.2, 0) is 17.6 Å². The highest BCUT2D eigenvalue weighted by molar-refractivity contribution is 7.17. The van der Waals surface area contributed by atoms with E-state index in [9.17, 15) is 9.59 Å². The van der Waals surface area contributed by atoms with Crippen LogP contribution in [-0.4, -0.2) is 19.0 Å². The van der Waals surface area contributed by atoms with Gasteiger partial charge in [0.1, 0.15) is 5.00 Å². The van der Waals surface area contributed by atoms with Gasteiger partial charge in [-0.25, -0.2) is 4.79 Å². The molecule has 5 nitrogen and oxygen atoms in total. The zero-order chi connectivity index (χ0) is 25.1. The fraction of sp³-hybridized carbons (Fsp3) is 0.419. The molecule has 190 valence electrons. The molecule has 0 spiro atoms. The highest BCUT2D eigenvalue weighted by Crippen LogP contribution is 2.63. The molecular weight excluding hydrogens is 480 g/mol.